The SMILES string of the molecule is CC1(OCC(=O)O)CN(C(=O)N2CCn3ccnc3C2)C1. The molecule has 3 heterocycles. The molecule has 2 aliphatic heterocycles. The van der Waals surface area contributed by atoms with Crippen LogP contribution in [0.15, 0.2) is 12.4 Å². The van der Waals surface area contributed by atoms with Gasteiger partial charge in [-0.2, -0.15) is 0 Å². The van der Waals surface area contributed by atoms with Crippen molar-refractivity contribution in [2.45, 2.75) is 25.6 Å². The number of amides is 2. The molecular weight excluding hydrogens is 276 g/mol. The first-order valence-electron chi connectivity index (χ1n) is 6.86. The summed E-state index contributed by atoms with van der Waals surface area (Å²) in [7, 11) is 0. The second-order valence-corrected chi connectivity index (χ2v) is 5.73. The van der Waals surface area contributed by atoms with Gasteiger partial charge in [-0.1, -0.05) is 0 Å². The Morgan fingerprint density at radius 3 is 2.86 bits per heavy atom. The summed E-state index contributed by atoms with van der Waals surface area (Å²) in [5, 5.41) is 8.62. The lowest BCUT2D eigenvalue weighted by molar-refractivity contribution is -0.160. The molecule has 1 aromatic heterocycles. The van der Waals surface area contributed by atoms with E-state index in [1.54, 1.807) is 16.0 Å². The Morgan fingerprint density at radius 1 is 1.38 bits per heavy atom. The largest absolute Gasteiger partial charge is 0.480 e. The van der Waals surface area contributed by atoms with Crippen molar-refractivity contribution in [2.24, 2.45) is 0 Å². The molecule has 3 rings (SSSR count). The minimum absolute atomic E-state index is 0.0411. The van der Waals surface area contributed by atoms with Gasteiger partial charge in [0.2, 0.25) is 0 Å². The standard InChI is InChI=1S/C13H18N4O4/c1-13(21-7-11(18)19)8-17(9-13)12(20)16-5-4-15-3-2-14-10(15)6-16/h2-3H,4-9H2,1H3,(H,18,19). The summed E-state index contributed by atoms with van der Waals surface area (Å²) in [6.07, 6.45) is 3.65. The van der Waals surface area contributed by atoms with Crippen molar-refractivity contribution in [3.05, 3.63) is 18.2 Å². The lowest BCUT2D eigenvalue weighted by Gasteiger charge is -2.48. The highest BCUT2D eigenvalue weighted by Crippen LogP contribution is 2.26. The van der Waals surface area contributed by atoms with E-state index in [1.807, 2.05) is 17.7 Å². The van der Waals surface area contributed by atoms with Gasteiger partial charge >= 0.3 is 12.0 Å². The monoisotopic (exact) mass is 294 g/mol. The van der Waals surface area contributed by atoms with Crippen molar-refractivity contribution in [2.75, 3.05) is 26.2 Å². The molecule has 2 aliphatic rings. The highest BCUT2D eigenvalue weighted by atomic mass is 16.5. The number of carbonyl (C=O) groups excluding carboxylic acids is 1. The van der Waals surface area contributed by atoms with Crippen molar-refractivity contribution in [1.82, 2.24) is 19.4 Å². The fourth-order valence-corrected chi connectivity index (χ4v) is 2.76. The summed E-state index contributed by atoms with van der Waals surface area (Å²) in [6, 6.07) is -0.0411. The maximum atomic E-state index is 12.4. The van der Waals surface area contributed by atoms with Crippen LogP contribution in [0.3, 0.4) is 0 Å². The van der Waals surface area contributed by atoms with Crippen LogP contribution in [0.2, 0.25) is 0 Å². The highest BCUT2D eigenvalue weighted by molar-refractivity contribution is 5.76. The van der Waals surface area contributed by atoms with Crippen LogP contribution in [-0.2, 0) is 22.6 Å². The molecule has 1 fully saturated rings. The lowest BCUT2D eigenvalue weighted by atomic mass is 9.97. The van der Waals surface area contributed by atoms with Crippen molar-refractivity contribution >= 4 is 12.0 Å². The second kappa shape index (κ2) is 5.03. The van der Waals surface area contributed by atoms with Gasteiger partial charge in [-0.25, -0.2) is 14.6 Å². The Labute approximate surface area is 121 Å². The van der Waals surface area contributed by atoms with Crippen LogP contribution in [0.4, 0.5) is 4.79 Å². The number of carboxylic acids is 1. The number of hydrogen-bond acceptors (Lipinski definition) is 4. The molecule has 0 atom stereocenters. The third-order valence-electron chi connectivity index (χ3n) is 3.88. The van der Waals surface area contributed by atoms with Crippen LogP contribution < -0.4 is 0 Å². The summed E-state index contributed by atoms with van der Waals surface area (Å²) < 4.78 is 7.35. The van der Waals surface area contributed by atoms with E-state index in [9.17, 15) is 9.59 Å². The molecule has 0 unspecified atom stereocenters. The number of carboxylic acid groups (broad SMARTS) is 1. The first-order valence-corrected chi connectivity index (χ1v) is 6.86. The molecule has 21 heavy (non-hydrogen) atoms. The number of ether oxygens (including phenoxy) is 1. The Morgan fingerprint density at radius 2 is 2.14 bits per heavy atom. The molecule has 0 saturated carbocycles. The zero-order valence-electron chi connectivity index (χ0n) is 11.9. The minimum Gasteiger partial charge on any atom is -0.480 e. The van der Waals surface area contributed by atoms with Crippen LogP contribution in [0.5, 0.6) is 0 Å². The predicted molar refractivity (Wildman–Crippen MR) is 71.6 cm³/mol. The van der Waals surface area contributed by atoms with Gasteiger partial charge in [0, 0.05) is 25.5 Å². The van der Waals surface area contributed by atoms with Crippen LogP contribution in [0.25, 0.3) is 0 Å². The van der Waals surface area contributed by atoms with Gasteiger partial charge in [-0.15, -0.1) is 0 Å². The molecule has 0 radical (unpaired) electrons. The minimum atomic E-state index is -0.996. The number of likely N-dealkylation sites (tertiary alicyclic amines) is 1. The number of hydrogen-bond donors (Lipinski definition) is 1. The van der Waals surface area contributed by atoms with Gasteiger partial charge in [0.05, 0.1) is 19.6 Å². The van der Waals surface area contributed by atoms with E-state index in [0.717, 1.165) is 12.4 Å². The summed E-state index contributed by atoms with van der Waals surface area (Å²) in [6.45, 7) is 4.25. The van der Waals surface area contributed by atoms with Gasteiger partial charge < -0.3 is 24.2 Å². The van der Waals surface area contributed by atoms with Crippen molar-refractivity contribution in [3.63, 3.8) is 0 Å². The van der Waals surface area contributed by atoms with E-state index in [4.69, 9.17) is 9.84 Å². The number of rotatable bonds is 3. The second-order valence-electron chi connectivity index (χ2n) is 5.73. The number of urea groups is 1. The van der Waals surface area contributed by atoms with Gasteiger partial charge in [0.1, 0.15) is 18.0 Å². The zero-order valence-corrected chi connectivity index (χ0v) is 11.9. The van der Waals surface area contributed by atoms with Gasteiger partial charge in [-0.3, -0.25) is 0 Å². The highest BCUT2D eigenvalue weighted by Gasteiger charge is 2.44. The predicted octanol–water partition coefficient (Wildman–Crippen LogP) is -0.00580. The van der Waals surface area contributed by atoms with Gasteiger partial charge in [0.15, 0.2) is 0 Å². The molecule has 0 spiro atoms. The van der Waals surface area contributed by atoms with Crippen molar-refractivity contribution < 1.29 is 19.4 Å². The summed E-state index contributed by atoms with van der Waals surface area (Å²) in [4.78, 5) is 30.6. The third-order valence-corrected chi connectivity index (χ3v) is 3.88. The molecule has 0 aromatic carbocycles. The van der Waals surface area contributed by atoms with Gasteiger partial charge in [0.25, 0.3) is 0 Å². The number of imidazole rings is 1. The first kappa shape index (κ1) is 13.9. The van der Waals surface area contributed by atoms with E-state index in [2.05, 4.69) is 4.98 Å². The molecule has 2 amide bonds. The average Bonchev–Trinajstić information content (AvgIpc) is 2.88. The number of aromatic nitrogens is 2. The van der Waals surface area contributed by atoms with Crippen LogP contribution in [0.1, 0.15) is 12.7 Å². The molecule has 0 bridgehead atoms. The molecule has 1 N–H and O–H groups in total. The average molecular weight is 294 g/mol. The van der Waals surface area contributed by atoms with E-state index in [-0.39, 0.29) is 12.6 Å². The van der Waals surface area contributed by atoms with Crippen molar-refractivity contribution in [3.8, 4) is 0 Å². The number of aliphatic carboxylic acids is 1. The maximum Gasteiger partial charge on any atom is 0.329 e. The summed E-state index contributed by atoms with van der Waals surface area (Å²) >= 11 is 0. The number of fused-ring (bicyclic) bond motifs is 1. The molecule has 114 valence electrons. The summed E-state index contributed by atoms with van der Waals surface area (Å²) in [5.74, 6) is -0.108. The fourth-order valence-electron chi connectivity index (χ4n) is 2.76. The van der Waals surface area contributed by atoms with E-state index >= 15 is 0 Å². The van der Waals surface area contributed by atoms with Crippen LogP contribution in [-0.4, -0.2) is 68.3 Å². The number of nitrogens with zero attached hydrogens (tertiary/aromatic N) is 4. The fraction of sp³-hybridized carbons (Fsp3) is 0.615. The topological polar surface area (TPSA) is 87.9 Å². The normalized spacial score (nSPS) is 19.9. The Kier molecular flexibility index (Phi) is 3.32. The van der Waals surface area contributed by atoms with E-state index in [0.29, 0.717) is 26.2 Å². The molecule has 8 nitrogen and oxygen atoms in total. The van der Waals surface area contributed by atoms with Crippen molar-refractivity contribution in [1.29, 1.82) is 0 Å². The molecule has 1 aromatic rings. The lowest BCUT2D eigenvalue weighted by Crippen LogP contribution is -2.66. The number of carbonyl (C=O) groups is 2. The summed E-state index contributed by atoms with van der Waals surface area (Å²) in [5.41, 5.74) is -0.553. The maximum absolute atomic E-state index is 12.4. The zero-order chi connectivity index (χ0) is 15.0. The molecular formula is C13H18N4O4. The molecule has 0 aliphatic carbocycles. The third kappa shape index (κ3) is 2.71. The van der Waals surface area contributed by atoms with Crippen LogP contribution in [0, 0.1) is 0 Å². The Balaban J connectivity index is 1.53. The first-order chi connectivity index (χ1) is 9.97. The Hall–Kier alpha value is -2.09. The van der Waals surface area contributed by atoms with E-state index < -0.39 is 11.6 Å². The van der Waals surface area contributed by atoms with E-state index in [1.165, 1.54) is 0 Å². The molecule has 8 heteroatoms. The quantitative estimate of drug-likeness (QED) is 0.847. The van der Waals surface area contributed by atoms with Crippen LogP contribution >= 0.6 is 0 Å². The van der Waals surface area contributed by atoms with Gasteiger partial charge in [-0.05, 0) is 6.92 Å². The molecule has 1 saturated heterocycles. The Bertz CT molecular complexity index is 564. The smallest absolute Gasteiger partial charge is 0.329 e.